The molecule has 0 atom stereocenters. The Balaban J connectivity index is 1.50. The molecule has 3 aliphatic rings. The van der Waals surface area contributed by atoms with Crippen molar-refractivity contribution in [2.24, 2.45) is 5.92 Å². The Kier molecular flexibility index (Phi) is 3.46. The van der Waals surface area contributed by atoms with E-state index in [-0.39, 0.29) is 6.03 Å². The van der Waals surface area contributed by atoms with Crippen molar-refractivity contribution < 1.29 is 4.79 Å². The molecule has 102 valence electrons. The van der Waals surface area contributed by atoms with Crippen LogP contribution in [-0.4, -0.2) is 66.0 Å². The number of carbonyl (C=O) groups is 1. The van der Waals surface area contributed by atoms with Crippen molar-refractivity contribution in [2.45, 2.75) is 38.6 Å². The fraction of sp³-hybridized carbons (Fsp3) is 0.929. The topological polar surface area (TPSA) is 26.8 Å². The van der Waals surface area contributed by atoms with Crippen molar-refractivity contribution in [2.75, 3.05) is 39.3 Å². The van der Waals surface area contributed by atoms with Crippen LogP contribution in [0.4, 0.5) is 4.79 Å². The molecule has 2 aliphatic heterocycles. The number of hydrogen-bond donors (Lipinski definition) is 0. The third-order valence-electron chi connectivity index (χ3n) is 4.73. The average Bonchev–Trinajstić information content (AvgIpc) is 2.48. The molecule has 2 heterocycles. The fourth-order valence-electron chi connectivity index (χ4n) is 3.30. The minimum absolute atomic E-state index is 0.281. The molecular formula is C14H25N3O. The molecule has 18 heavy (non-hydrogen) atoms. The highest BCUT2D eigenvalue weighted by Gasteiger charge is 2.32. The van der Waals surface area contributed by atoms with E-state index in [4.69, 9.17) is 0 Å². The van der Waals surface area contributed by atoms with E-state index in [1.807, 2.05) is 4.90 Å². The van der Waals surface area contributed by atoms with E-state index in [9.17, 15) is 4.79 Å². The molecule has 0 bridgehead atoms. The van der Waals surface area contributed by atoms with Crippen LogP contribution in [0.1, 0.15) is 32.6 Å². The molecular weight excluding hydrogens is 226 g/mol. The summed E-state index contributed by atoms with van der Waals surface area (Å²) in [4.78, 5) is 19.0. The summed E-state index contributed by atoms with van der Waals surface area (Å²) in [7, 11) is 0. The molecule has 0 unspecified atom stereocenters. The second-order valence-electron chi connectivity index (χ2n) is 6.25. The Bertz CT molecular complexity index is 310. The Morgan fingerprint density at radius 3 is 2.33 bits per heavy atom. The number of urea groups is 1. The highest BCUT2D eigenvalue weighted by Crippen LogP contribution is 2.26. The summed E-state index contributed by atoms with van der Waals surface area (Å²) in [5.41, 5.74) is 0. The first-order chi connectivity index (χ1) is 8.74. The zero-order valence-corrected chi connectivity index (χ0v) is 11.5. The van der Waals surface area contributed by atoms with Crippen LogP contribution in [0.25, 0.3) is 0 Å². The first-order valence-electron chi connectivity index (χ1n) is 7.52. The molecule has 0 aromatic carbocycles. The third kappa shape index (κ3) is 2.35. The van der Waals surface area contributed by atoms with E-state index < -0.39 is 0 Å². The summed E-state index contributed by atoms with van der Waals surface area (Å²) in [5.74, 6) is 0.701. The molecule has 0 radical (unpaired) electrons. The highest BCUT2D eigenvalue weighted by atomic mass is 16.2. The van der Waals surface area contributed by atoms with Gasteiger partial charge in [-0.2, -0.15) is 0 Å². The standard InChI is InChI=1S/C14H25N3O/c1-12-10-17(11-12)14(18)16-7-3-6-15(8-9-16)13-4-2-5-13/h12-13H,2-11H2,1H3. The average molecular weight is 251 g/mol. The van der Waals surface area contributed by atoms with Crippen molar-refractivity contribution in [1.82, 2.24) is 14.7 Å². The highest BCUT2D eigenvalue weighted by molar-refractivity contribution is 5.75. The first-order valence-corrected chi connectivity index (χ1v) is 7.52. The maximum atomic E-state index is 12.3. The molecule has 1 aliphatic carbocycles. The first kappa shape index (κ1) is 12.3. The number of hydrogen-bond acceptors (Lipinski definition) is 2. The maximum Gasteiger partial charge on any atom is 0.320 e. The van der Waals surface area contributed by atoms with E-state index in [0.29, 0.717) is 5.92 Å². The Hall–Kier alpha value is -0.770. The van der Waals surface area contributed by atoms with Crippen molar-refractivity contribution >= 4 is 6.03 Å². The normalized spacial score (nSPS) is 27.6. The van der Waals surface area contributed by atoms with Crippen LogP contribution in [0.2, 0.25) is 0 Å². The summed E-state index contributed by atoms with van der Waals surface area (Å²) in [6.07, 6.45) is 5.29. The van der Waals surface area contributed by atoms with Gasteiger partial charge in [-0.05, 0) is 25.2 Å². The van der Waals surface area contributed by atoms with Gasteiger partial charge in [0.2, 0.25) is 0 Å². The number of carbonyl (C=O) groups excluding carboxylic acids is 1. The van der Waals surface area contributed by atoms with E-state index in [1.165, 1.54) is 25.8 Å². The number of likely N-dealkylation sites (tertiary alicyclic amines) is 1. The van der Waals surface area contributed by atoms with Crippen LogP contribution in [0.15, 0.2) is 0 Å². The Labute approximate surface area is 110 Å². The lowest BCUT2D eigenvalue weighted by molar-refractivity contribution is 0.0947. The lowest BCUT2D eigenvalue weighted by atomic mass is 9.91. The van der Waals surface area contributed by atoms with Gasteiger partial charge < -0.3 is 9.80 Å². The van der Waals surface area contributed by atoms with E-state index >= 15 is 0 Å². The van der Waals surface area contributed by atoms with Gasteiger partial charge in [-0.15, -0.1) is 0 Å². The SMILES string of the molecule is CC1CN(C(=O)N2CCCN(C3CCC3)CC2)C1. The second-order valence-corrected chi connectivity index (χ2v) is 6.25. The molecule has 3 fully saturated rings. The molecule has 0 aromatic heterocycles. The van der Waals surface area contributed by atoms with Crippen LogP contribution in [0, 0.1) is 5.92 Å². The van der Waals surface area contributed by atoms with Crippen LogP contribution < -0.4 is 0 Å². The monoisotopic (exact) mass is 251 g/mol. The molecule has 4 nitrogen and oxygen atoms in total. The largest absolute Gasteiger partial charge is 0.324 e. The number of amides is 2. The minimum Gasteiger partial charge on any atom is -0.324 e. The van der Waals surface area contributed by atoms with Gasteiger partial charge >= 0.3 is 6.03 Å². The van der Waals surface area contributed by atoms with Gasteiger partial charge in [0.25, 0.3) is 0 Å². The summed E-state index contributed by atoms with van der Waals surface area (Å²) in [5, 5.41) is 0. The van der Waals surface area contributed by atoms with E-state index in [0.717, 1.165) is 45.2 Å². The molecule has 2 amide bonds. The minimum atomic E-state index is 0.281. The van der Waals surface area contributed by atoms with Crippen molar-refractivity contribution in [3.05, 3.63) is 0 Å². The van der Waals surface area contributed by atoms with Gasteiger partial charge in [0.05, 0.1) is 0 Å². The van der Waals surface area contributed by atoms with Crippen LogP contribution in [0.5, 0.6) is 0 Å². The smallest absolute Gasteiger partial charge is 0.320 e. The molecule has 0 aromatic rings. The second kappa shape index (κ2) is 5.08. The van der Waals surface area contributed by atoms with Crippen LogP contribution in [-0.2, 0) is 0 Å². The van der Waals surface area contributed by atoms with Crippen molar-refractivity contribution in [3.8, 4) is 0 Å². The van der Waals surface area contributed by atoms with Crippen LogP contribution >= 0.6 is 0 Å². The summed E-state index contributed by atoms with van der Waals surface area (Å²) >= 11 is 0. The quantitative estimate of drug-likeness (QED) is 0.708. The molecule has 1 saturated carbocycles. The van der Waals surface area contributed by atoms with Crippen molar-refractivity contribution in [1.29, 1.82) is 0 Å². The molecule has 2 saturated heterocycles. The lowest BCUT2D eigenvalue weighted by Gasteiger charge is -2.40. The number of rotatable bonds is 1. The van der Waals surface area contributed by atoms with Gasteiger partial charge in [-0.1, -0.05) is 13.3 Å². The lowest BCUT2D eigenvalue weighted by Crippen LogP contribution is -2.54. The molecule has 3 rings (SSSR count). The summed E-state index contributed by atoms with van der Waals surface area (Å²) in [6.45, 7) is 8.28. The maximum absolute atomic E-state index is 12.3. The third-order valence-corrected chi connectivity index (χ3v) is 4.73. The van der Waals surface area contributed by atoms with E-state index in [2.05, 4.69) is 16.7 Å². The molecule has 4 heteroatoms. The summed E-state index contributed by atoms with van der Waals surface area (Å²) < 4.78 is 0. The zero-order chi connectivity index (χ0) is 12.5. The summed E-state index contributed by atoms with van der Waals surface area (Å²) in [6, 6.07) is 1.10. The Morgan fingerprint density at radius 1 is 0.944 bits per heavy atom. The zero-order valence-electron chi connectivity index (χ0n) is 11.5. The van der Waals surface area contributed by atoms with Gasteiger partial charge in [-0.3, -0.25) is 4.90 Å². The molecule has 0 spiro atoms. The van der Waals surface area contributed by atoms with Crippen molar-refractivity contribution in [3.63, 3.8) is 0 Å². The number of nitrogens with zero attached hydrogens (tertiary/aromatic N) is 3. The van der Waals surface area contributed by atoms with E-state index in [1.54, 1.807) is 0 Å². The van der Waals surface area contributed by atoms with Gasteiger partial charge in [0.15, 0.2) is 0 Å². The Morgan fingerprint density at radius 2 is 1.72 bits per heavy atom. The van der Waals surface area contributed by atoms with Gasteiger partial charge in [-0.25, -0.2) is 4.79 Å². The fourth-order valence-corrected chi connectivity index (χ4v) is 3.30. The van der Waals surface area contributed by atoms with Gasteiger partial charge in [0.1, 0.15) is 0 Å². The van der Waals surface area contributed by atoms with Gasteiger partial charge in [0, 0.05) is 45.3 Å². The molecule has 0 N–H and O–H groups in total. The van der Waals surface area contributed by atoms with Crippen LogP contribution in [0.3, 0.4) is 0 Å². The predicted octanol–water partition coefficient (Wildman–Crippen LogP) is 1.62. The predicted molar refractivity (Wildman–Crippen MR) is 71.5 cm³/mol.